The second-order valence-electron chi connectivity index (χ2n) is 5.93. The first-order valence-corrected chi connectivity index (χ1v) is 10.6. The maximum Gasteiger partial charge on any atom is 0.118 e. The second-order valence-corrected chi connectivity index (χ2v) is 9.39. The number of hydrogen-bond acceptors (Lipinski definition) is 1. The van der Waals surface area contributed by atoms with Crippen LogP contribution in [-0.2, 0) is 0 Å². The minimum absolute atomic E-state index is 0.345. The molecule has 0 aromatic heterocycles. The lowest BCUT2D eigenvalue weighted by Gasteiger charge is -2.25. The van der Waals surface area contributed by atoms with Crippen LogP contribution in [0.1, 0.15) is 31.7 Å². The Morgan fingerprint density at radius 1 is 1.24 bits per heavy atom. The summed E-state index contributed by atoms with van der Waals surface area (Å²) >= 11 is 0. The predicted molar refractivity (Wildman–Crippen MR) is 93.6 cm³/mol. The van der Waals surface area contributed by atoms with E-state index in [0.717, 1.165) is 17.2 Å². The van der Waals surface area contributed by atoms with Gasteiger partial charge in [-0.05, 0) is 49.1 Å². The molecular weight excluding hydrogens is 272 g/mol. The van der Waals surface area contributed by atoms with Gasteiger partial charge in [-0.3, -0.25) is 0 Å². The number of benzene rings is 1. The van der Waals surface area contributed by atoms with Crippen molar-refractivity contribution in [2.45, 2.75) is 44.3 Å². The molecule has 1 aliphatic heterocycles. The monoisotopic (exact) mass is 298 g/mol. The van der Waals surface area contributed by atoms with E-state index in [4.69, 9.17) is 4.74 Å². The zero-order valence-corrected chi connectivity index (χ0v) is 14.4. The molecule has 112 valence electrons. The van der Waals surface area contributed by atoms with E-state index in [0.29, 0.717) is 0 Å². The highest BCUT2D eigenvalue weighted by molar-refractivity contribution is 6.58. The first kappa shape index (κ1) is 15.9. The van der Waals surface area contributed by atoms with Gasteiger partial charge < -0.3 is 4.74 Å². The van der Waals surface area contributed by atoms with Gasteiger partial charge in [0.2, 0.25) is 0 Å². The quantitative estimate of drug-likeness (QED) is 0.581. The molecule has 1 saturated heterocycles. The van der Waals surface area contributed by atoms with Gasteiger partial charge in [0.25, 0.3) is 0 Å². The van der Waals surface area contributed by atoms with E-state index >= 15 is 0 Å². The second kappa shape index (κ2) is 8.74. The Kier molecular flexibility index (Phi) is 6.63. The van der Waals surface area contributed by atoms with Gasteiger partial charge in [0.05, 0.1) is 7.11 Å². The molecule has 1 heterocycles. The summed E-state index contributed by atoms with van der Waals surface area (Å²) in [7, 11) is 1.34. The third-order valence-corrected chi connectivity index (χ3v) is 8.04. The van der Waals surface area contributed by atoms with Crippen molar-refractivity contribution in [2.24, 2.45) is 5.92 Å². The summed E-state index contributed by atoms with van der Waals surface area (Å²) in [4.78, 5) is 0. The number of allylic oxidation sites excluding steroid dienone is 2. The molecule has 0 bridgehead atoms. The van der Waals surface area contributed by atoms with Crippen LogP contribution >= 0.6 is 0 Å². The molecule has 21 heavy (non-hydrogen) atoms. The molecule has 0 aliphatic carbocycles. The molecule has 0 saturated carbocycles. The number of ether oxygens (including phenoxy) is 1. The van der Waals surface area contributed by atoms with E-state index in [1.807, 2.05) is 24.3 Å². The third-order valence-electron chi connectivity index (χ3n) is 4.35. The van der Waals surface area contributed by atoms with Gasteiger partial charge in [0.1, 0.15) is 5.75 Å². The molecule has 1 fully saturated rings. The molecule has 0 N–H and O–H groups in total. The number of methoxy groups -OCH3 is 1. The minimum atomic E-state index is -0.345. The predicted octanol–water partition coefficient (Wildman–Crippen LogP) is 4.65. The molecule has 0 unspecified atom stereocenters. The van der Waals surface area contributed by atoms with Crippen LogP contribution in [-0.4, -0.2) is 15.9 Å². The Bertz CT molecular complexity index is 499. The highest BCUT2D eigenvalue weighted by atomic mass is 28.3. The molecule has 2 heteroatoms. The molecular formula is C19H26OSi. The van der Waals surface area contributed by atoms with Crippen LogP contribution in [0, 0.1) is 17.8 Å². The molecule has 0 amide bonds. The van der Waals surface area contributed by atoms with Crippen LogP contribution in [0.15, 0.2) is 36.4 Å². The van der Waals surface area contributed by atoms with Crippen LogP contribution in [0.25, 0.3) is 0 Å². The van der Waals surface area contributed by atoms with E-state index in [2.05, 4.69) is 30.9 Å². The summed E-state index contributed by atoms with van der Waals surface area (Å²) in [6.07, 6.45) is 8.57. The van der Waals surface area contributed by atoms with Crippen molar-refractivity contribution < 1.29 is 4.74 Å². The van der Waals surface area contributed by atoms with Gasteiger partial charge in [0.15, 0.2) is 0 Å². The van der Waals surface area contributed by atoms with Crippen molar-refractivity contribution in [3.63, 3.8) is 0 Å². The summed E-state index contributed by atoms with van der Waals surface area (Å²) in [6, 6.07) is 12.5. The largest absolute Gasteiger partial charge is 0.497 e. The smallest absolute Gasteiger partial charge is 0.118 e. The maximum atomic E-state index is 5.14. The Morgan fingerprint density at radius 2 is 1.95 bits per heavy atom. The Labute approximate surface area is 131 Å². The van der Waals surface area contributed by atoms with Gasteiger partial charge in [-0.25, -0.2) is 0 Å². The van der Waals surface area contributed by atoms with E-state index in [1.165, 1.54) is 31.4 Å². The Balaban J connectivity index is 1.79. The number of hydrogen-bond donors (Lipinski definition) is 0. The lowest BCUT2D eigenvalue weighted by Crippen LogP contribution is -2.19. The fourth-order valence-electron chi connectivity index (χ4n) is 3.06. The van der Waals surface area contributed by atoms with E-state index in [9.17, 15) is 0 Å². The maximum absolute atomic E-state index is 5.14. The van der Waals surface area contributed by atoms with Crippen molar-refractivity contribution in [3.05, 3.63) is 42.0 Å². The van der Waals surface area contributed by atoms with Crippen molar-refractivity contribution in [1.82, 2.24) is 0 Å². The fraction of sp³-hybridized carbons (Fsp3) is 0.474. The molecule has 2 rings (SSSR count). The van der Waals surface area contributed by atoms with E-state index < -0.39 is 0 Å². The zero-order valence-electron chi connectivity index (χ0n) is 13.3. The van der Waals surface area contributed by atoms with Crippen molar-refractivity contribution in [3.8, 4) is 17.6 Å². The summed E-state index contributed by atoms with van der Waals surface area (Å²) in [5.74, 6) is 8.00. The average Bonchev–Trinajstić information content (AvgIpc) is 2.54. The highest BCUT2D eigenvalue weighted by Gasteiger charge is 2.19. The van der Waals surface area contributed by atoms with Crippen LogP contribution in [0.4, 0.5) is 0 Å². The van der Waals surface area contributed by atoms with Crippen molar-refractivity contribution in [2.75, 3.05) is 7.11 Å². The SMILES string of the molecule is CCC[Si@H]1CC[C@H](C=CC#Cc2ccc(OC)cc2)CC1. The summed E-state index contributed by atoms with van der Waals surface area (Å²) < 4.78 is 5.14. The van der Waals surface area contributed by atoms with Gasteiger partial charge in [-0.2, -0.15) is 0 Å². The molecule has 0 radical (unpaired) electrons. The highest BCUT2D eigenvalue weighted by Crippen LogP contribution is 2.28. The van der Waals surface area contributed by atoms with Crippen molar-refractivity contribution in [1.29, 1.82) is 0 Å². The van der Waals surface area contributed by atoms with E-state index in [-0.39, 0.29) is 8.80 Å². The molecule has 0 spiro atoms. The van der Waals surface area contributed by atoms with Crippen LogP contribution in [0.2, 0.25) is 18.1 Å². The first-order chi connectivity index (χ1) is 10.3. The molecule has 1 nitrogen and oxygen atoms in total. The fourth-order valence-corrected chi connectivity index (χ4v) is 6.54. The minimum Gasteiger partial charge on any atom is -0.497 e. The summed E-state index contributed by atoms with van der Waals surface area (Å²) in [5.41, 5.74) is 1.04. The van der Waals surface area contributed by atoms with Crippen LogP contribution in [0.3, 0.4) is 0 Å². The zero-order chi connectivity index (χ0) is 14.9. The van der Waals surface area contributed by atoms with E-state index in [1.54, 1.807) is 13.2 Å². The first-order valence-electron chi connectivity index (χ1n) is 8.14. The van der Waals surface area contributed by atoms with Gasteiger partial charge >= 0.3 is 0 Å². The lowest BCUT2D eigenvalue weighted by molar-refractivity contribution is 0.415. The molecule has 0 atom stereocenters. The van der Waals surface area contributed by atoms with Gasteiger partial charge in [0, 0.05) is 14.4 Å². The lowest BCUT2D eigenvalue weighted by atomic mass is 10.0. The average molecular weight is 299 g/mol. The normalized spacial score (nSPS) is 21.8. The van der Waals surface area contributed by atoms with Gasteiger partial charge in [-0.1, -0.05) is 49.4 Å². The molecule has 1 aromatic rings. The van der Waals surface area contributed by atoms with Crippen LogP contribution < -0.4 is 4.74 Å². The Morgan fingerprint density at radius 3 is 2.57 bits per heavy atom. The topological polar surface area (TPSA) is 9.23 Å². The van der Waals surface area contributed by atoms with Crippen LogP contribution in [0.5, 0.6) is 5.75 Å². The molecule has 1 aliphatic rings. The third kappa shape index (κ3) is 5.44. The van der Waals surface area contributed by atoms with Gasteiger partial charge in [-0.15, -0.1) is 0 Å². The number of rotatable bonds is 4. The Hall–Kier alpha value is -1.46. The van der Waals surface area contributed by atoms with Crippen molar-refractivity contribution >= 4 is 8.80 Å². The standard InChI is InChI=1S/C19H26OSi/c1-3-14-21-15-12-18(13-16-21)7-5-4-6-17-8-10-19(20-2)11-9-17/h5,7-11,18,21H,3,12-16H2,1-2H3/t18-,21-. The molecule has 1 aromatic carbocycles. The summed E-state index contributed by atoms with van der Waals surface area (Å²) in [6.45, 7) is 2.33. The summed E-state index contributed by atoms with van der Waals surface area (Å²) in [5, 5.41) is 0.